The van der Waals surface area contributed by atoms with Crippen molar-refractivity contribution in [1.82, 2.24) is 0 Å². The fourth-order valence-electron chi connectivity index (χ4n) is 3.93. The smallest absolute Gasteiger partial charge is 0.119 e. The van der Waals surface area contributed by atoms with Crippen molar-refractivity contribution >= 4 is 0 Å². The van der Waals surface area contributed by atoms with Gasteiger partial charge in [0.15, 0.2) is 0 Å². The molecule has 2 N–H and O–H groups in total. The molecule has 0 radical (unpaired) electrons. The summed E-state index contributed by atoms with van der Waals surface area (Å²) in [5.41, 5.74) is 3.13. The van der Waals surface area contributed by atoms with Gasteiger partial charge >= 0.3 is 0 Å². The van der Waals surface area contributed by atoms with Crippen LogP contribution in [0.5, 0.6) is 11.5 Å². The minimum atomic E-state index is -0.214. The van der Waals surface area contributed by atoms with Gasteiger partial charge in [-0.1, -0.05) is 72.7 Å². The number of hydrogen-bond acceptors (Lipinski definition) is 2. The first kappa shape index (κ1) is 19.4. The standard InChI is InChI=1S/C23H32O2/c1-21(2,3)15-22(4,5)19-14-17(10-13-20(19)25)23(6,7)16-8-11-18(24)12-9-16/h8-14,24-25H,15H2,1-7H3. The van der Waals surface area contributed by atoms with E-state index in [4.69, 9.17) is 0 Å². The maximum absolute atomic E-state index is 10.5. The molecule has 0 amide bonds. The Morgan fingerprint density at radius 1 is 0.720 bits per heavy atom. The van der Waals surface area contributed by atoms with E-state index in [9.17, 15) is 10.2 Å². The maximum Gasteiger partial charge on any atom is 0.119 e. The third-order valence-electron chi connectivity index (χ3n) is 5.01. The topological polar surface area (TPSA) is 40.5 Å². The molecule has 0 saturated carbocycles. The first-order valence-corrected chi connectivity index (χ1v) is 8.96. The Morgan fingerprint density at radius 2 is 1.24 bits per heavy atom. The molecular weight excluding hydrogens is 308 g/mol. The molecule has 0 unspecified atom stereocenters. The Bertz CT molecular complexity index is 732. The van der Waals surface area contributed by atoms with Gasteiger partial charge in [0.2, 0.25) is 0 Å². The molecule has 0 fully saturated rings. The van der Waals surface area contributed by atoms with Crippen molar-refractivity contribution in [3.05, 3.63) is 59.2 Å². The van der Waals surface area contributed by atoms with E-state index < -0.39 is 0 Å². The fraction of sp³-hybridized carbons (Fsp3) is 0.478. The number of aromatic hydroxyl groups is 2. The Morgan fingerprint density at radius 3 is 1.76 bits per heavy atom. The summed E-state index contributed by atoms with van der Waals surface area (Å²) in [6, 6.07) is 13.3. The minimum absolute atomic E-state index is 0.122. The van der Waals surface area contributed by atoms with E-state index in [2.05, 4.69) is 54.5 Å². The summed E-state index contributed by atoms with van der Waals surface area (Å²) in [4.78, 5) is 0. The van der Waals surface area contributed by atoms with E-state index >= 15 is 0 Å². The average molecular weight is 341 g/mol. The van der Waals surface area contributed by atoms with Gasteiger partial charge in [0, 0.05) is 5.41 Å². The van der Waals surface area contributed by atoms with Gasteiger partial charge in [-0.3, -0.25) is 0 Å². The lowest BCUT2D eigenvalue weighted by molar-refractivity contribution is 0.278. The monoisotopic (exact) mass is 340 g/mol. The molecule has 0 aliphatic rings. The fourth-order valence-corrected chi connectivity index (χ4v) is 3.93. The van der Waals surface area contributed by atoms with Crippen LogP contribution in [0.25, 0.3) is 0 Å². The molecular formula is C23H32O2. The van der Waals surface area contributed by atoms with Crippen LogP contribution in [-0.2, 0) is 10.8 Å². The molecule has 2 heteroatoms. The highest BCUT2D eigenvalue weighted by atomic mass is 16.3. The van der Waals surface area contributed by atoms with E-state index in [0.29, 0.717) is 5.75 Å². The molecule has 2 nitrogen and oxygen atoms in total. The zero-order valence-electron chi connectivity index (χ0n) is 16.6. The molecule has 0 aromatic heterocycles. The molecule has 0 saturated heterocycles. The van der Waals surface area contributed by atoms with E-state index in [1.54, 1.807) is 12.1 Å². The first-order chi connectivity index (χ1) is 11.3. The van der Waals surface area contributed by atoms with E-state index in [-0.39, 0.29) is 22.0 Å². The van der Waals surface area contributed by atoms with Crippen LogP contribution in [0.3, 0.4) is 0 Å². The highest BCUT2D eigenvalue weighted by molar-refractivity contribution is 5.47. The molecule has 25 heavy (non-hydrogen) atoms. The summed E-state index contributed by atoms with van der Waals surface area (Å²) >= 11 is 0. The molecule has 2 aromatic rings. The van der Waals surface area contributed by atoms with E-state index in [0.717, 1.165) is 23.1 Å². The largest absolute Gasteiger partial charge is 0.508 e. The van der Waals surface area contributed by atoms with Crippen molar-refractivity contribution in [3.8, 4) is 11.5 Å². The first-order valence-electron chi connectivity index (χ1n) is 8.96. The quantitative estimate of drug-likeness (QED) is 0.702. The lowest BCUT2D eigenvalue weighted by Gasteiger charge is -2.35. The summed E-state index contributed by atoms with van der Waals surface area (Å²) in [6.45, 7) is 15.4. The zero-order valence-corrected chi connectivity index (χ0v) is 16.6. The number of phenolic OH excluding ortho intramolecular Hbond substituents is 2. The Hall–Kier alpha value is -1.96. The Kier molecular flexibility index (Phi) is 4.96. The molecule has 0 aliphatic heterocycles. The van der Waals surface area contributed by atoms with Crippen LogP contribution in [0.4, 0.5) is 0 Å². The lowest BCUT2D eigenvalue weighted by Crippen LogP contribution is -2.26. The second-order valence-electron chi connectivity index (χ2n) is 9.53. The minimum Gasteiger partial charge on any atom is -0.508 e. The molecule has 0 spiro atoms. The van der Waals surface area contributed by atoms with Crippen molar-refractivity contribution in [3.63, 3.8) is 0 Å². The van der Waals surface area contributed by atoms with E-state index in [1.807, 2.05) is 24.3 Å². The van der Waals surface area contributed by atoms with Gasteiger partial charge < -0.3 is 10.2 Å². The van der Waals surface area contributed by atoms with Gasteiger partial charge in [0.25, 0.3) is 0 Å². The molecule has 2 aromatic carbocycles. The molecule has 0 bridgehead atoms. The van der Waals surface area contributed by atoms with Crippen molar-refractivity contribution in [2.45, 2.75) is 65.7 Å². The highest BCUT2D eigenvalue weighted by Gasteiger charge is 2.31. The average Bonchev–Trinajstić information content (AvgIpc) is 2.45. The van der Waals surface area contributed by atoms with Crippen molar-refractivity contribution < 1.29 is 10.2 Å². The van der Waals surface area contributed by atoms with Gasteiger partial charge in [-0.05, 0) is 52.1 Å². The Labute approximate surface area is 152 Å². The number of rotatable bonds is 4. The van der Waals surface area contributed by atoms with Crippen LogP contribution in [0.15, 0.2) is 42.5 Å². The normalized spacial score (nSPS) is 13.1. The van der Waals surface area contributed by atoms with Crippen molar-refractivity contribution in [2.24, 2.45) is 5.41 Å². The number of benzene rings is 2. The van der Waals surface area contributed by atoms with E-state index in [1.165, 1.54) is 0 Å². The van der Waals surface area contributed by atoms with Gasteiger partial charge in [-0.2, -0.15) is 0 Å². The third-order valence-corrected chi connectivity index (χ3v) is 5.01. The van der Waals surface area contributed by atoms with Crippen molar-refractivity contribution in [2.75, 3.05) is 0 Å². The van der Waals surface area contributed by atoms with Crippen LogP contribution in [0, 0.1) is 5.41 Å². The van der Waals surface area contributed by atoms with Crippen LogP contribution in [0.1, 0.15) is 71.6 Å². The molecule has 2 rings (SSSR count). The molecule has 0 heterocycles. The predicted molar refractivity (Wildman–Crippen MR) is 105 cm³/mol. The van der Waals surface area contributed by atoms with Crippen molar-refractivity contribution in [1.29, 1.82) is 0 Å². The number of hydrogen-bond donors (Lipinski definition) is 2. The van der Waals surface area contributed by atoms with Crippen LogP contribution < -0.4 is 0 Å². The van der Waals surface area contributed by atoms with Crippen LogP contribution in [-0.4, -0.2) is 10.2 Å². The Balaban J connectivity index is 2.49. The molecule has 136 valence electrons. The number of phenols is 2. The zero-order chi connectivity index (χ0) is 19.0. The SMILES string of the molecule is CC(C)(C)CC(C)(C)c1cc(C(C)(C)c2ccc(O)cc2)ccc1O. The summed E-state index contributed by atoms with van der Waals surface area (Å²) in [5.74, 6) is 0.636. The second kappa shape index (κ2) is 6.40. The third kappa shape index (κ3) is 4.36. The van der Waals surface area contributed by atoms with Gasteiger partial charge in [-0.25, -0.2) is 0 Å². The summed E-state index contributed by atoms with van der Waals surface area (Å²) in [6.07, 6.45) is 0.983. The summed E-state index contributed by atoms with van der Waals surface area (Å²) in [7, 11) is 0. The molecule has 0 aliphatic carbocycles. The van der Waals surface area contributed by atoms with Gasteiger partial charge in [-0.15, -0.1) is 0 Å². The van der Waals surface area contributed by atoms with Gasteiger partial charge in [0.05, 0.1) is 0 Å². The van der Waals surface area contributed by atoms with Crippen LogP contribution in [0.2, 0.25) is 0 Å². The predicted octanol–water partition coefficient (Wildman–Crippen LogP) is 6.14. The highest BCUT2D eigenvalue weighted by Crippen LogP contribution is 2.42. The van der Waals surface area contributed by atoms with Gasteiger partial charge in [0.1, 0.15) is 11.5 Å². The van der Waals surface area contributed by atoms with Crippen LogP contribution >= 0.6 is 0 Å². The summed E-state index contributed by atoms with van der Waals surface area (Å²) in [5, 5.41) is 20.1. The maximum atomic E-state index is 10.5. The molecule has 0 atom stereocenters. The second-order valence-corrected chi connectivity index (χ2v) is 9.53. The lowest BCUT2D eigenvalue weighted by atomic mass is 9.70. The summed E-state index contributed by atoms with van der Waals surface area (Å²) < 4.78 is 0.